The van der Waals surface area contributed by atoms with Gasteiger partial charge < -0.3 is 14.8 Å². The van der Waals surface area contributed by atoms with Gasteiger partial charge in [-0.3, -0.25) is 19.3 Å². The van der Waals surface area contributed by atoms with Gasteiger partial charge >= 0.3 is 11.9 Å². The summed E-state index contributed by atoms with van der Waals surface area (Å²) in [6.07, 6.45) is 2.29. The van der Waals surface area contributed by atoms with Crippen molar-refractivity contribution < 1.29 is 33.4 Å². The molecule has 2 aliphatic rings. The summed E-state index contributed by atoms with van der Waals surface area (Å²) in [5.74, 6) is -2.22. The quantitative estimate of drug-likeness (QED) is 0.409. The Hall–Kier alpha value is -4.01. The number of anilines is 2. The number of hydrogen-bond donors (Lipinski definition) is 1. The van der Waals surface area contributed by atoms with Crippen molar-refractivity contribution in [3.8, 4) is 0 Å². The van der Waals surface area contributed by atoms with Crippen molar-refractivity contribution in [2.75, 3.05) is 23.4 Å². The SMILES string of the molecule is CC(C)COC(=O)c1ccc(NC(=O)COC(=O)c2cccc(N3C(=O)[C@@H]4CC[C@@H](C)C[C@H]4C3=O)c2)cc1. The first kappa shape index (κ1) is 27.0. The molecular formula is C29H32N2O7. The zero-order chi connectivity index (χ0) is 27.4. The summed E-state index contributed by atoms with van der Waals surface area (Å²) in [4.78, 5) is 64.1. The molecule has 0 radical (unpaired) electrons. The normalized spacial score (nSPS) is 20.7. The Morgan fingerprint density at radius 1 is 0.921 bits per heavy atom. The summed E-state index contributed by atoms with van der Waals surface area (Å²) < 4.78 is 10.3. The van der Waals surface area contributed by atoms with Crippen molar-refractivity contribution in [2.45, 2.75) is 40.0 Å². The molecular weight excluding hydrogens is 488 g/mol. The summed E-state index contributed by atoms with van der Waals surface area (Å²) in [6.45, 7) is 5.75. The Kier molecular flexibility index (Phi) is 8.24. The first-order valence-electron chi connectivity index (χ1n) is 12.9. The van der Waals surface area contributed by atoms with E-state index >= 15 is 0 Å². The van der Waals surface area contributed by atoms with Crippen molar-refractivity contribution in [3.05, 3.63) is 59.7 Å². The van der Waals surface area contributed by atoms with E-state index in [9.17, 15) is 24.0 Å². The molecule has 9 heteroatoms. The summed E-state index contributed by atoms with van der Waals surface area (Å²) in [7, 11) is 0. The van der Waals surface area contributed by atoms with Gasteiger partial charge in [-0.1, -0.05) is 26.8 Å². The lowest BCUT2D eigenvalue weighted by Gasteiger charge is -2.25. The highest BCUT2D eigenvalue weighted by molar-refractivity contribution is 6.22. The van der Waals surface area contributed by atoms with Gasteiger partial charge in [0.05, 0.1) is 35.3 Å². The molecule has 2 aromatic rings. The van der Waals surface area contributed by atoms with Crippen LogP contribution in [0.15, 0.2) is 48.5 Å². The van der Waals surface area contributed by atoms with Crippen LogP contribution in [0.2, 0.25) is 0 Å². The second kappa shape index (κ2) is 11.6. The molecule has 0 spiro atoms. The van der Waals surface area contributed by atoms with Crippen molar-refractivity contribution in [1.82, 2.24) is 0 Å². The van der Waals surface area contributed by atoms with Crippen molar-refractivity contribution >= 4 is 41.0 Å². The van der Waals surface area contributed by atoms with Crippen molar-refractivity contribution in [3.63, 3.8) is 0 Å². The van der Waals surface area contributed by atoms with Gasteiger partial charge in [0.25, 0.3) is 5.91 Å². The van der Waals surface area contributed by atoms with Gasteiger partial charge in [0, 0.05) is 5.69 Å². The smallest absolute Gasteiger partial charge is 0.338 e. The molecule has 1 N–H and O–H groups in total. The molecule has 3 atom stereocenters. The lowest BCUT2D eigenvalue weighted by Crippen LogP contribution is -2.31. The number of carbonyl (C=O) groups excluding carboxylic acids is 5. The zero-order valence-electron chi connectivity index (χ0n) is 21.8. The molecule has 0 unspecified atom stereocenters. The van der Waals surface area contributed by atoms with E-state index in [1.54, 1.807) is 24.3 Å². The number of benzene rings is 2. The maximum Gasteiger partial charge on any atom is 0.338 e. The predicted molar refractivity (Wildman–Crippen MR) is 139 cm³/mol. The van der Waals surface area contributed by atoms with E-state index in [0.717, 1.165) is 6.42 Å². The molecule has 1 aliphatic carbocycles. The standard InChI is InChI=1S/C29H32N2O7/c1-17(2)15-37-28(35)19-8-10-21(11-9-19)30-25(32)16-38-29(36)20-5-4-6-22(14-20)31-26(33)23-12-7-18(3)13-24(23)27(31)34/h4-6,8-11,14,17-18,23-24H,7,12-13,15-16H2,1-3H3,(H,30,32)/t18-,23-,24-/m1/s1. The fourth-order valence-electron chi connectivity index (χ4n) is 4.84. The topological polar surface area (TPSA) is 119 Å². The molecule has 200 valence electrons. The number of amides is 3. The third-order valence-electron chi connectivity index (χ3n) is 6.81. The number of carbonyl (C=O) groups is 5. The summed E-state index contributed by atoms with van der Waals surface area (Å²) in [6, 6.07) is 12.3. The van der Waals surface area contributed by atoms with Crippen LogP contribution in [0, 0.1) is 23.7 Å². The van der Waals surface area contributed by atoms with E-state index in [0.29, 0.717) is 42.3 Å². The van der Waals surface area contributed by atoms with Crippen LogP contribution in [0.4, 0.5) is 11.4 Å². The van der Waals surface area contributed by atoms with Crippen molar-refractivity contribution in [1.29, 1.82) is 0 Å². The third-order valence-corrected chi connectivity index (χ3v) is 6.81. The maximum absolute atomic E-state index is 13.0. The van der Waals surface area contributed by atoms with Crippen LogP contribution in [-0.2, 0) is 23.9 Å². The molecule has 1 saturated carbocycles. The lowest BCUT2D eigenvalue weighted by atomic mass is 9.76. The molecule has 2 fully saturated rings. The Morgan fingerprint density at radius 3 is 2.32 bits per heavy atom. The molecule has 1 aliphatic heterocycles. The molecule has 1 heterocycles. The summed E-state index contributed by atoms with van der Waals surface area (Å²) in [5, 5.41) is 2.60. The van der Waals surface area contributed by atoms with Gasteiger partial charge in [-0.25, -0.2) is 9.59 Å². The minimum Gasteiger partial charge on any atom is -0.462 e. The second-order valence-electron chi connectivity index (χ2n) is 10.4. The average molecular weight is 521 g/mol. The van der Waals surface area contributed by atoms with E-state index in [2.05, 4.69) is 12.2 Å². The fourth-order valence-corrected chi connectivity index (χ4v) is 4.84. The van der Waals surface area contributed by atoms with Crippen LogP contribution in [0.5, 0.6) is 0 Å². The molecule has 9 nitrogen and oxygen atoms in total. The first-order valence-corrected chi connectivity index (χ1v) is 12.9. The van der Waals surface area contributed by atoms with E-state index in [1.807, 2.05) is 13.8 Å². The molecule has 0 aromatic heterocycles. The predicted octanol–water partition coefficient (Wildman–Crippen LogP) is 4.22. The maximum atomic E-state index is 13.0. The second-order valence-corrected chi connectivity index (χ2v) is 10.4. The highest BCUT2D eigenvalue weighted by Gasteiger charge is 2.50. The van der Waals surface area contributed by atoms with Gasteiger partial charge in [-0.2, -0.15) is 0 Å². The molecule has 3 amide bonds. The summed E-state index contributed by atoms with van der Waals surface area (Å²) >= 11 is 0. The third kappa shape index (κ3) is 6.10. The first-order chi connectivity index (χ1) is 18.1. The molecule has 4 rings (SSSR count). The number of hydrogen-bond acceptors (Lipinski definition) is 7. The van der Waals surface area contributed by atoms with Crippen LogP contribution in [-0.4, -0.2) is 42.9 Å². The monoisotopic (exact) mass is 520 g/mol. The number of esters is 2. The fraction of sp³-hybridized carbons (Fsp3) is 0.414. The number of ether oxygens (including phenoxy) is 2. The number of imide groups is 1. The minimum atomic E-state index is -0.754. The highest BCUT2D eigenvalue weighted by Crippen LogP contribution is 2.42. The Balaban J connectivity index is 1.32. The lowest BCUT2D eigenvalue weighted by molar-refractivity contribution is -0.122. The van der Waals surface area contributed by atoms with Crippen LogP contribution >= 0.6 is 0 Å². The largest absolute Gasteiger partial charge is 0.462 e. The average Bonchev–Trinajstić information content (AvgIpc) is 3.15. The van der Waals surface area contributed by atoms with Crippen LogP contribution in [0.25, 0.3) is 0 Å². The van der Waals surface area contributed by atoms with Gasteiger partial charge in [-0.05, 0) is 73.6 Å². The van der Waals surface area contributed by atoms with Gasteiger partial charge in [-0.15, -0.1) is 0 Å². The molecule has 38 heavy (non-hydrogen) atoms. The van der Waals surface area contributed by atoms with Crippen LogP contribution in [0.1, 0.15) is 60.7 Å². The Bertz CT molecular complexity index is 1240. The van der Waals surface area contributed by atoms with Crippen molar-refractivity contribution in [2.24, 2.45) is 23.7 Å². The van der Waals surface area contributed by atoms with Gasteiger partial charge in [0.1, 0.15) is 0 Å². The van der Waals surface area contributed by atoms with Gasteiger partial charge in [0.15, 0.2) is 6.61 Å². The summed E-state index contributed by atoms with van der Waals surface area (Å²) in [5.41, 5.74) is 1.24. The van der Waals surface area contributed by atoms with Crippen LogP contribution < -0.4 is 10.2 Å². The molecule has 1 saturated heterocycles. The number of fused-ring (bicyclic) bond motifs is 1. The molecule has 0 bridgehead atoms. The zero-order valence-corrected chi connectivity index (χ0v) is 21.8. The molecule has 2 aromatic carbocycles. The van der Waals surface area contributed by atoms with E-state index in [1.165, 1.54) is 29.2 Å². The van der Waals surface area contributed by atoms with Crippen LogP contribution in [0.3, 0.4) is 0 Å². The Labute approximate surface area is 221 Å². The number of rotatable bonds is 8. The minimum absolute atomic E-state index is 0.128. The van der Waals surface area contributed by atoms with Gasteiger partial charge in [0.2, 0.25) is 11.8 Å². The Morgan fingerprint density at radius 2 is 1.61 bits per heavy atom. The van der Waals surface area contributed by atoms with E-state index < -0.39 is 24.5 Å². The number of nitrogens with zero attached hydrogens (tertiary/aromatic N) is 1. The number of nitrogens with one attached hydrogen (secondary N) is 1. The van der Waals surface area contributed by atoms with E-state index in [-0.39, 0.29) is 35.1 Å². The highest BCUT2D eigenvalue weighted by atomic mass is 16.5. The van der Waals surface area contributed by atoms with E-state index in [4.69, 9.17) is 9.47 Å².